The standard InChI is InChI=1S/C24H45NO2/c1-4-5-6-7-8-9-10-11-12-13-14-15-16-17-18-19-23-27-24(26)21-20-22-25(2)3/h8-9,11-12H,4-7,10,13-23H2,1-3H3/b9-8-,12-11-. The van der Waals surface area contributed by atoms with Gasteiger partial charge in [-0.25, -0.2) is 0 Å². The van der Waals surface area contributed by atoms with Crippen LogP contribution in [0.1, 0.15) is 96.8 Å². The Morgan fingerprint density at radius 1 is 0.778 bits per heavy atom. The van der Waals surface area contributed by atoms with Crippen molar-refractivity contribution in [3.63, 3.8) is 0 Å². The number of rotatable bonds is 19. The maximum absolute atomic E-state index is 11.5. The van der Waals surface area contributed by atoms with Crippen LogP contribution in [0, 0.1) is 0 Å². The molecule has 0 saturated heterocycles. The molecule has 0 aromatic rings. The van der Waals surface area contributed by atoms with Crippen LogP contribution >= 0.6 is 0 Å². The third-order valence-corrected chi connectivity index (χ3v) is 4.59. The molecule has 0 fully saturated rings. The van der Waals surface area contributed by atoms with E-state index in [1.165, 1.54) is 64.2 Å². The number of nitrogens with zero attached hydrogens (tertiary/aromatic N) is 1. The first-order valence-electron chi connectivity index (χ1n) is 11.3. The summed E-state index contributed by atoms with van der Waals surface area (Å²) in [4.78, 5) is 13.6. The van der Waals surface area contributed by atoms with Gasteiger partial charge in [-0.3, -0.25) is 4.79 Å². The SMILES string of the molecule is CCCCC/C=C\C/C=C\CCCCCCCCOC(=O)CCCN(C)C. The van der Waals surface area contributed by atoms with Gasteiger partial charge in [-0.2, -0.15) is 0 Å². The number of ether oxygens (including phenoxy) is 1. The van der Waals surface area contributed by atoms with E-state index in [0.29, 0.717) is 13.0 Å². The zero-order valence-corrected chi connectivity index (χ0v) is 18.4. The molecule has 0 aliphatic heterocycles. The Morgan fingerprint density at radius 2 is 1.37 bits per heavy atom. The van der Waals surface area contributed by atoms with E-state index in [0.717, 1.165) is 25.8 Å². The van der Waals surface area contributed by atoms with Crippen molar-refractivity contribution in [2.45, 2.75) is 96.8 Å². The molecule has 0 aliphatic carbocycles. The van der Waals surface area contributed by atoms with Crippen molar-refractivity contribution >= 4 is 5.97 Å². The number of hydrogen-bond acceptors (Lipinski definition) is 3. The van der Waals surface area contributed by atoms with Gasteiger partial charge >= 0.3 is 5.97 Å². The lowest BCUT2D eigenvalue weighted by Crippen LogP contribution is -2.15. The monoisotopic (exact) mass is 379 g/mol. The molecular formula is C24H45NO2. The van der Waals surface area contributed by atoms with E-state index in [1.54, 1.807) is 0 Å². The third-order valence-electron chi connectivity index (χ3n) is 4.59. The zero-order valence-electron chi connectivity index (χ0n) is 18.4. The van der Waals surface area contributed by atoms with Gasteiger partial charge in [0.1, 0.15) is 0 Å². The number of allylic oxidation sites excluding steroid dienone is 4. The van der Waals surface area contributed by atoms with Crippen LogP contribution < -0.4 is 0 Å². The van der Waals surface area contributed by atoms with Crippen molar-refractivity contribution in [1.82, 2.24) is 4.90 Å². The molecule has 3 heteroatoms. The highest BCUT2D eigenvalue weighted by Gasteiger charge is 2.02. The average Bonchev–Trinajstić information content (AvgIpc) is 2.64. The number of carbonyl (C=O) groups is 1. The Morgan fingerprint density at radius 3 is 2.00 bits per heavy atom. The minimum absolute atomic E-state index is 0.0422. The van der Waals surface area contributed by atoms with Crippen LogP contribution in [0.3, 0.4) is 0 Å². The average molecular weight is 380 g/mol. The van der Waals surface area contributed by atoms with Crippen molar-refractivity contribution in [1.29, 1.82) is 0 Å². The van der Waals surface area contributed by atoms with Gasteiger partial charge in [0.25, 0.3) is 0 Å². The van der Waals surface area contributed by atoms with E-state index in [9.17, 15) is 4.79 Å². The molecule has 0 spiro atoms. The zero-order chi connectivity index (χ0) is 20.0. The largest absolute Gasteiger partial charge is 0.466 e. The quantitative estimate of drug-likeness (QED) is 0.142. The molecule has 0 saturated carbocycles. The van der Waals surface area contributed by atoms with Gasteiger partial charge < -0.3 is 9.64 Å². The molecule has 0 unspecified atom stereocenters. The molecule has 0 aromatic carbocycles. The molecule has 0 aromatic heterocycles. The summed E-state index contributed by atoms with van der Waals surface area (Å²) < 4.78 is 5.27. The van der Waals surface area contributed by atoms with Crippen LogP contribution in [0.5, 0.6) is 0 Å². The van der Waals surface area contributed by atoms with Crippen molar-refractivity contribution in [3.05, 3.63) is 24.3 Å². The van der Waals surface area contributed by atoms with Gasteiger partial charge in [0.15, 0.2) is 0 Å². The third kappa shape index (κ3) is 22.9. The molecule has 0 bridgehead atoms. The van der Waals surface area contributed by atoms with E-state index in [2.05, 4.69) is 36.1 Å². The number of esters is 1. The van der Waals surface area contributed by atoms with Crippen LogP contribution in [0.4, 0.5) is 0 Å². The fourth-order valence-corrected chi connectivity index (χ4v) is 2.89. The van der Waals surface area contributed by atoms with E-state index in [-0.39, 0.29) is 5.97 Å². The highest BCUT2D eigenvalue weighted by molar-refractivity contribution is 5.69. The maximum atomic E-state index is 11.5. The summed E-state index contributed by atoms with van der Waals surface area (Å²) in [5.41, 5.74) is 0. The van der Waals surface area contributed by atoms with E-state index >= 15 is 0 Å². The van der Waals surface area contributed by atoms with Gasteiger partial charge in [0.05, 0.1) is 6.61 Å². The topological polar surface area (TPSA) is 29.5 Å². The van der Waals surface area contributed by atoms with Gasteiger partial charge in [-0.05, 0) is 65.6 Å². The molecular weight excluding hydrogens is 334 g/mol. The lowest BCUT2D eigenvalue weighted by atomic mass is 10.1. The Kier molecular flexibility index (Phi) is 20.4. The lowest BCUT2D eigenvalue weighted by Gasteiger charge is -2.08. The van der Waals surface area contributed by atoms with Crippen molar-refractivity contribution in [2.24, 2.45) is 0 Å². The maximum Gasteiger partial charge on any atom is 0.305 e. The molecule has 158 valence electrons. The fraction of sp³-hybridized carbons (Fsp3) is 0.792. The van der Waals surface area contributed by atoms with E-state index in [4.69, 9.17) is 4.74 Å². The normalized spacial score (nSPS) is 11.9. The molecule has 0 radical (unpaired) electrons. The number of hydrogen-bond donors (Lipinski definition) is 0. The van der Waals surface area contributed by atoms with Gasteiger partial charge in [0.2, 0.25) is 0 Å². The molecule has 0 aliphatic rings. The first-order chi connectivity index (χ1) is 13.2. The summed E-state index contributed by atoms with van der Waals surface area (Å²) >= 11 is 0. The highest BCUT2D eigenvalue weighted by Crippen LogP contribution is 2.08. The van der Waals surface area contributed by atoms with Crippen LogP contribution in [-0.4, -0.2) is 38.1 Å². The summed E-state index contributed by atoms with van der Waals surface area (Å²) in [5.74, 6) is -0.0422. The molecule has 0 atom stereocenters. The second-order valence-corrected chi connectivity index (χ2v) is 7.71. The van der Waals surface area contributed by atoms with Gasteiger partial charge in [-0.15, -0.1) is 0 Å². The van der Waals surface area contributed by atoms with E-state index < -0.39 is 0 Å². The lowest BCUT2D eigenvalue weighted by molar-refractivity contribution is -0.143. The smallest absolute Gasteiger partial charge is 0.305 e. The predicted octanol–water partition coefficient (Wildman–Crippen LogP) is 6.68. The van der Waals surface area contributed by atoms with Gasteiger partial charge in [-0.1, -0.05) is 69.8 Å². The molecule has 0 amide bonds. The van der Waals surface area contributed by atoms with Crippen molar-refractivity contribution < 1.29 is 9.53 Å². The summed E-state index contributed by atoms with van der Waals surface area (Å²) in [7, 11) is 4.05. The highest BCUT2D eigenvalue weighted by atomic mass is 16.5. The van der Waals surface area contributed by atoms with Crippen molar-refractivity contribution in [3.8, 4) is 0 Å². The minimum atomic E-state index is -0.0422. The second-order valence-electron chi connectivity index (χ2n) is 7.71. The Hall–Kier alpha value is -1.09. The summed E-state index contributed by atoms with van der Waals surface area (Å²) in [6, 6.07) is 0. The molecule has 0 rings (SSSR count). The van der Waals surface area contributed by atoms with E-state index in [1.807, 2.05) is 14.1 Å². The van der Waals surface area contributed by atoms with Gasteiger partial charge in [0, 0.05) is 6.42 Å². The second kappa shape index (κ2) is 21.2. The number of carbonyl (C=O) groups excluding carboxylic acids is 1. The molecule has 0 heterocycles. The fourth-order valence-electron chi connectivity index (χ4n) is 2.89. The Labute approximate surface area is 169 Å². The number of unbranched alkanes of at least 4 members (excludes halogenated alkanes) is 9. The molecule has 0 N–H and O–H groups in total. The molecule has 27 heavy (non-hydrogen) atoms. The first-order valence-corrected chi connectivity index (χ1v) is 11.3. The summed E-state index contributed by atoms with van der Waals surface area (Å²) in [6.45, 7) is 3.79. The summed E-state index contributed by atoms with van der Waals surface area (Å²) in [6.07, 6.45) is 25.5. The first kappa shape index (κ1) is 25.9. The summed E-state index contributed by atoms with van der Waals surface area (Å²) in [5, 5.41) is 0. The van der Waals surface area contributed by atoms with Crippen LogP contribution in [0.25, 0.3) is 0 Å². The Bertz CT molecular complexity index is 375. The molecule has 3 nitrogen and oxygen atoms in total. The predicted molar refractivity (Wildman–Crippen MR) is 118 cm³/mol. The van der Waals surface area contributed by atoms with Crippen LogP contribution in [0.15, 0.2) is 24.3 Å². The van der Waals surface area contributed by atoms with Crippen molar-refractivity contribution in [2.75, 3.05) is 27.2 Å². The Balaban J connectivity index is 3.24. The minimum Gasteiger partial charge on any atom is -0.466 e. The van der Waals surface area contributed by atoms with Crippen LogP contribution in [-0.2, 0) is 9.53 Å². The van der Waals surface area contributed by atoms with Crippen LogP contribution in [0.2, 0.25) is 0 Å².